The molecule has 0 heterocycles. The Kier molecular flexibility index (Phi) is 4.18. The van der Waals surface area contributed by atoms with Crippen molar-refractivity contribution in [2.45, 2.75) is 12.3 Å². The molecule has 0 spiro atoms. The summed E-state index contributed by atoms with van der Waals surface area (Å²) < 4.78 is 38.5. The number of benzene rings is 1. The lowest BCUT2D eigenvalue weighted by Gasteiger charge is -2.07. The van der Waals surface area contributed by atoms with Crippen LogP contribution in [0.4, 0.5) is 13.2 Å². The highest BCUT2D eigenvalue weighted by Crippen LogP contribution is 2.14. The molecule has 0 aromatic heterocycles. The Labute approximate surface area is 95.4 Å². The fourth-order valence-electron chi connectivity index (χ4n) is 1.03. The highest BCUT2D eigenvalue weighted by atomic mass is 35.5. The molecule has 0 aliphatic carbocycles. The zero-order valence-corrected chi connectivity index (χ0v) is 9.12. The van der Waals surface area contributed by atoms with E-state index < -0.39 is 28.9 Å². The second-order valence-corrected chi connectivity index (χ2v) is 3.96. The first-order valence-corrected chi connectivity index (χ1v) is 4.93. The Morgan fingerprint density at radius 2 is 2.00 bits per heavy atom. The third-order valence-electron chi connectivity index (χ3n) is 1.82. The second kappa shape index (κ2) is 5.21. The first-order chi connectivity index (χ1) is 7.43. The number of carbonyl (C=O) groups is 1. The molecule has 0 bridgehead atoms. The van der Waals surface area contributed by atoms with Gasteiger partial charge in [-0.1, -0.05) is 0 Å². The van der Waals surface area contributed by atoms with Crippen molar-refractivity contribution in [1.82, 2.24) is 5.32 Å². The van der Waals surface area contributed by atoms with Crippen molar-refractivity contribution in [2.24, 2.45) is 0 Å². The predicted octanol–water partition coefficient (Wildman–Crippen LogP) is 2.46. The zero-order valence-electron chi connectivity index (χ0n) is 8.36. The van der Waals surface area contributed by atoms with E-state index in [1.165, 1.54) is 0 Å². The van der Waals surface area contributed by atoms with Gasteiger partial charge in [0.05, 0.1) is 5.56 Å². The minimum atomic E-state index is -1.66. The molecule has 6 heteroatoms. The Hall–Kier alpha value is -1.23. The highest BCUT2D eigenvalue weighted by molar-refractivity contribution is 6.20. The van der Waals surface area contributed by atoms with Crippen LogP contribution >= 0.6 is 11.6 Å². The van der Waals surface area contributed by atoms with Gasteiger partial charge in [-0.25, -0.2) is 13.2 Å². The number of hydrogen-bond donors (Lipinski definition) is 1. The molecule has 1 atom stereocenters. The Morgan fingerprint density at radius 3 is 2.56 bits per heavy atom. The van der Waals surface area contributed by atoms with Crippen LogP contribution in [0.15, 0.2) is 12.1 Å². The summed E-state index contributed by atoms with van der Waals surface area (Å²) in [5.41, 5.74) is -0.545. The molecule has 1 aromatic carbocycles. The topological polar surface area (TPSA) is 29.1 Å². The van der Waals surface area contributed by atoms with Crippen molar-refractivity contribution in [1.29, 1.82) is 0 Å². The monoisotopic (exact) mass is 251 g/mol. The summed E-state index contributed by atoms with van der Waals surface area (Å²) in [5.74, 6) is -5.32. The normalized spacial score (nSPS) is 12.3. The maximum Gasteiger partial charge on any atom is 0.254 e. The van der Waals surface area contributed by atoms with E-state index in [4.69, 9.17) is 11.6 Å². The molecule has 0 radical (unpaired) electrons. The maximum absolute atomic E-state index is 13.1. The van der Waals surface area contributed by atoms with Crippen LogP contribution in [-0.4, -0.2) is 17.8 Å². The summed E-state index contributed by atoms with van der Waals surface area (Å²) in [6.07, 6.45) is 0. The van der Waals surface area contributed by atoms with Crippen molar-refractivity contribution in [3.63, 3.8) is 0 Å². The van der Waals surface area contributed by atoms with Gasteiger partial charge in [0, 0.05) is 11.9 Å². The van der Waals surface area contributed by atoms with Gasteiger partial charge in [0.15, 0.2) is 17.5 Å². The van der Waals surface area contributed by atoms with Crippen molar-refractivity contribution in [2.75, 3.05) is 6.54 Å². The molecule has 0 saturated heterocycles. The number of hydrogen-bond acceptors (Lipinski definition) is 1. The van der Waals surface area contributed by atoms with E-state index in [0.29, 0.717) is 6.07 Å². The van der Waals surface area contributed by atoms with Crippen LogP contribution in [0.2, 0.25) is 0 Å². The average molecular weight is 252 g/mol. The largest absolute Gasteiger partial charge is 0.350 e. The van der Waals surface area contributed by atoms with E-state index in [2.05, 4.69) is 5.32 Å². The van der Waals surface area contributed by atoms with E-state index in [-0.39, 0.29) is 11.9 Å². The molecule has 0 saturated carbocycles. The molecular weight excluding hydrogens is 243 g/mol. The Bertz CT molecular complexity index is 409. The number of nitrogens with one attached hydrogen (secondary N) is 1. The molecule has 1 rings (SSSR count). The lowest BCUT2D eigenvalue weighted by atomic mass is 10.2. The fraction of sp³-hybridized carbons (Fsp3) is 0.300. The lowest BCUT2D eigenvalue weighted by molar-refractivity contribution is 0.0948. The van der Waals surface area contributed by atoms with Crippen LogP contribution in [0.3, 0.4) is 0 Å². The van der Waals surface area contributed by atoms with Gasteiger partial charge in [-0.05, 0) is 19.1 Å². The lowest BCUT2D eigenvalue weighted by Crippen LogP contribution is -2.29. The van der Waals surface area contributed by atoms with Crippen LogP contribution in [0.1, 0.15) is 17.3 Å². The van der Waals surface area contributed by atoms with Crippen molar-refractivity contribution in [3.05, 3.63) is 35.1 Å². The molecule has 1 amide bonds. The minimum Gasteiger partial charge on any atom is -0.350 e. The van der Waals surface area contributed by atoms with Gasteiger partial charge in [-0.2, -0.15) is 0 Å². The van der Waals surface area contributed by atoms with Gasteiger partial charge in [0.25, 0.3) is 5.91 Å². The first kappa shape index (κ1) is 12.8. The van der Waals surface area contributed by atoms with E-state index in [1.807, 2.05) is 0 Å². The van der Waals surface area contributed by atoms with Gasteiger partial charge in [-0.15, -0.1) is 11.6 Å². The molecule has 2 nitrogen and oxygen atoms in total. The smallest absolute Gasteiger partial charge is 0.254 e. The van der Waals surface area contributed by atoms with Crippen LogP contribution in [0.25, 0.3) is 0 Å². The molecule has 1 aromatic rings. The number of halogens is 4. The summed E-state index contributed by atoms with van der Waals surface area (Å²) in [6, 6.07) is 1.57. The standard InChI is InChI=1S/C10H9ClF3NO/c1-5(11)4-15-10(16)6-2-3-7(12)9(14)8(6)13/h2-3,5H,4H2,1H3,(H,15,16). The first-order valence-electron chi connectivity index (χ1n) is 4.49. The van der Waals surface area contributed by atoms with Gasteiger partial charge < -0.3 is 5.32 Å². The van der Waals surface area contributed by atoms with E-state index in [1.54, 1.807) is 6.92 Å². The summed E-state index contributed by atoms with van der Waals surface area (Å²) in [4.78, 5) is 11.3. The Balaban J connectivity index is 2.88. The molecule has 16 heavy (non-hydrogen) atoms. The quantitative estimate of drug-likeness (QED) is 0.649. The van der Waals surface area contributed by atoms with Gasteiger partial charge in [0.1, 0.15) is 0 Å². The van der Waals surface area contributed by atoms with Gasteiger partial charge in [-0.3, -0.25) is 4.79 Å². The van der Waals surface area contributed by atoms with Crippen LogP contribution in [-0.2, 0) is 0 Å². The average Bonchev–Trinajstić information content (AvgIpc) is 2.23. The Morgan fingerprint density at radius 1 is 1.38 bits per heavy atom. The van der Waals surface area contributed by atoms with Gasteiger partial charge >= 0.3 is 0 Å². The number of alkyl halides is 1. The molecular formula is C10H9ClF3NO. The number of rotatable bonds is 3. The predicted molar refractivity (Wildman–Crippen MR) is 54.0 cm³/mol. The van der Waals surface area contributed by atoms with E-state index >= 15 is 0 Å². The summed E-state index contributed by atoms with van der Waals surface area (Å²) in [6.45, 7) is 1.74. The SMILES string of the molecule is CC(Cl)CNC(=O)c1ccc(F)c(F)c1F. The fourth-order valence-corrected chi connectivity index (χ4v) is 1.11. The third kappa shape index (κ3) is 2.88. The molecule has 88 valence electrons. The van der Waals surface area contributed by atoms with E-state index in [9.17, 15) is 18.0 Å². The van der Waals surface area contributed by atoms with Crippen LogP contribution < -0.4 is 5.32 Å². The molecule has 1 unspecified atom stereocenters. The molecule has 0 aliphatic heterocycles. The van der Waals surface area contributed by atoms with Gasteiger partial charge in [0.2, 0.25) is 0 Å². The van der Waals surface area contributed by atoms with Crippen molar-refractivity contribution in [3.8, 4) is 0 Å². The summed E-state index contributed by atoms with van der Waals surface area (Å²) in [5, 5.41) is 1.95. The second-order valence-electron chi connectivity index (χ2n) is 3.21. The molecule has 1 N–H and O–H groups in total. The third-order valence-corrected chi connectivity index (χ3v) is 1.98. The van der Waals surface area contributed by atoms with Crippen molar-refractivity contribution >= 4 is 17.5 Å². The summed E-state index contributed by atoms with van der Waals surface area (Å²) in [7, 11) is 0. The zero-order chi connectivity index (χ0) is 12.3. The number of carbonyl (C=O) groups excluding carboxylic acids is 1. The minimum absolute atomic E-state index is 0.110. The highest BCUT2D eigenvalue weighted by Gasteiger charge is 2.18. The molecule has 0 aliphatic rings. The van der Waals surface area contributed by atoms with Crippen LogP contribution in [0.5, 0.6) is 0 Å². The van der Waals surface area contributed by atoms with Crippen molar-refractivity contribution < 1.29 is 18.0 Å². The number of amides is 1. The maximum atomic E-state index is 13.1. The summed E-state index contributed by atoms with van der Waals surface area (Å²) >= 11 is 5.56. The van der Waals surface area contributed by atoms with Crippen LogP contribution in [0, 0.1) is 17.5 Å². The molecule has 0 fully saturated rings. The van der Waals surface area contributed by atoms with E-state index in [0.717, 1.165) is 6.07 Å².